The van der Waals surface area contributed by atoms with Crippen molar-refractivity contribution in [3.05, 3.63) is 35.6 Å². The minimum absolute atomic E-state index is 0.00921. The maximum absolute atomic E-state index is 13.2. The quantitative estimate of drug-likeness (QED) is 0.831. The van der Waals surface area contributed by atoms with Crippen molar-refractivity contribution in [1.82, 2.24) is 4.90 Å². The average molecular weight is 267 g/mol. The molecule has 4 heteroatoms. The van der Waals surface area contributed by atoms with Crippen LogP contribution in [0.1, 0.15) is 37.1 Å². The lowest BCUT2D eigenvalue weighted by Gasteiger charge is -2.24. The monoisotopic (exact) mass is 267 g/mol. The molecular formula is C14H18FNOS. The number of thioether (sulfide) groups is 1. The summed E-state index contributed by atoms with van der Waals surface area (Å²) in [5, 5.41) is -0.00921. The van der Waals surface area contributed by atoms with Crippen molar-refractivity contribution in [1.29, 1.82) is 0 Å². The molecule has 1 aliphatic heterocycles. The molecule has 1 aliphatic rings. The van der Waals surface area contributed by atoms with Crippen LogP contribution in [0.2, 0.25) is 0 Å². The largest absolute Gasteiger partial charge is 0.326 e. The second-order valence-corrected chi connectivity index (χ2v) is 5.66. The van der Waals surface area contributed by atoms with Crippen LogP contribution in [0, 0.1) is 5.82 Å². The molecule has 1 saturated heterocycles. The molecule has 0 saturated carbocycles. The normalized spacial score (nSPS) is 19.2. The van der Waals surface area contributed by atoms with Gasteiger partial charge in [0.25, 0.3) is 0 Å². The molecule has 98 valence electrons. The van der Waals surface area contributed by atoms with Crippen LogP contribution in [0.15, 0.2) is 24.3 Å². The maximum atomic E-state index is 13.2. The maximum Gasteiger partial charge on any atom is 0.223 e. The predicted molar refractivity (Wildman–Crippen MR) is 72.8 cm³/mol. The van der Waals surface area contributed by atoms with E-state index in [4.69, 9.17) is 0 Å². The number of halogens is 1. The van der Waals surface area contributed by atoms with E-state index in [0.717, 1.165) is 30.7 Å². The van der Waals surface area contributed by atoms with Gasteiger partial charge < -0.3 is 4.90 Å². The summed E-state index contributed by atoms with van der Waals surface area (Å²) in [4.78, 5) is 14.0. The smallest absolute Gasteiger partial charge is 0.223 e. The third-order valence-electron chi connectivity index (χ3n) is 3.09. The number of amides is 1. The highest BCUT2D eigenvalue weighted by molar-refractivity contribution is 7.99. The SMILES string of the molecule is CCCCC(=O)N1CCS[C@H]1c1cccc(F)c1. The van der Waals surface area contributed by atoms with Gasteiger partial charge in [-0.2, -0.15) is 0 Å². The lowest BCUT2D eigenvalue weighted by atomic mass is 10.2. The van der Waals surface area contributed by atoms with Crippen LogP contribution in [0.25, 0.3) is 0 Å². The standard InChI is InChI=1S/C14H18FNOS/c1-2-3-7-13(17)16-8-9-18-14(16)11-5-4-6-12(15)10-11/h4-6,10,14H,2-3,7-9H2,1H3/t14-/m0/s1. The van der Waals surface area contributed by atoms with E-state index in [1.165, 1.54) is 12.1 Å². The van der Waals surface area contributed by atoms with Gasteiger partial charge in [-0.1, -0.05) is 25.5 Å². The summed E-state index contributed by atoms with van der Waals surface area (Å²) in [5.74, 6) is 0.885. The molecule has 1 fully saturated rings. The first-order valence-corrected chi connectivity index (χ1v) is 7.43. The molecule has 0 N–H and O–H groups in total. The predicted octanol–water partition coefficient (Wildman–Crippen LogP) is 3.59. The van der Waals surface area contributed by atoms with Crippen molar-refractivity contribution in [3.8, 4) is 0 Å². The van der Waals surface area contributed by atoms with E-state index in [1.54, 1.807) is 17.8 Å². The van der Waals surface area contributed by atoms with Gasteiger partial charge in [0.05, 0.1) is 0 Å². The summed E-state index contributed by atoms with van der Waals surface area (Å²) in [6.45, 7) is 2.85. The molecule has 1 amide bonds. The lowest BCUT2D eigenvalue weighted by molar-refractivity contribution is -0.131. The molecule has 0 bridgehead atoms. The Kier molecular flexibility index (Phi) is 4.64. The number of hydrogen-bond donors (Lipinski definition) is 0. The molecule has 2 nitrogen and oxygen atoms in total. The van der Waals surface area contributed by atoms with Gasteiger partial charge in [-0.3, -0.25) is 4.79 Å². The van der Waals surface area contributed by atoms with E-state index in [1.807, 2.05) is 11.0 Å². The third kappa shape index (κ3) is 3.05. The Hall–Kier alpha value is -1.03. The van der Waals surface area contributed by atoms with Gasteiger partial charge in [0, 0.05) is 18.7 Å². The Morgan fingerprint density at radius 3 is 3.11 bits per heavy atom. The fourth-order valence-corrected chi connectivity index (χ4v) is 3.40. The first kappa shape index (κ1) is 13.4. The zero-order chi connectivity index (χ0) is 13.0. The van der Waals surface area contributed by atoms with Crippen LogP contribution in [-0.4, -0.2) is 23.1 Å². The van der Waals surface area contributed by atoms with Crippen molar-refractivity contribution in [2.24, 2.45) is 0 Å². The van der Waals surface area contributed by atoms with Crippen LogP contribution in [0.3, 0.4) is 0 Å². The number of nitrogens with zero attached hydrogens (tertiary/aromatic N) is 1. The summed E-state index contributed by atoms with van der Waals surface area (Å²) in [5.41, 5.74) is 0.891. The van der Waals surface area contributed by atoms with Gasteiger partial charge in [-0.25, -0.2) is 4.39 Å². The first-order valence-electron chi connectivity index (χ1n) is 6.39. The zero-order valence-electron chi connectivity index (χ0n) is 10.6. The minimum Gasteiger partial charge on any atom is -0.326 e. The Balaban J connectivity index is 2.10. The van der Waals surface area contributed by atoms with Crippen LogP contribution in [0.5, 0.6) is 0 Å². The number of carbonyl (C=O) groups is 1. The van der Waals surface area contributed by atoms with Gasteiger partial charge in [0.2, 0.25) is 5.91 Å². The molecule has 18 heavy (non-hydrogen) atoms. The molecule has 2 rings (SSSR count). The second-order valence-electron chi connectivity index (χ2n) is 4.47. The fraction of sp³-hybridized carbons (Fsp3) is 0.500. The summed E-state index contributed by atoms with van der Waals surface area (Å²) >= 11 is 1.71. The molecule has 0 spiro atoms. The van der Waals surface area contributed by atoms with Gasteiger partial charge in [-0.05, 0) is 24.1 Å². The van der Waals surface area contributed by atoms with Crippen LogP contribution >= 0.6 is 11.8 Å². The van der Waals surface area contributed by atoms with Crippen LogP contribution in [-0.2, 0) is 4.79 Å². The second kappa shape index (κ2) is 6.23. The minimum atomic E-state index is -0.235. The van der Waals surface area contributed by atoms with E-state index in [2.05, 4.69) is 6.92 Å². The van der Waals surface area contributed by atoms with Crippen molar-refractivity contribution in [2.45, 2.75) is 31.6 Å². The number of rotatable bonds is 4. The van der Waals surface area contributed by atoms with E-state index < -0.39 is 0 Å². The van der Waals surface area contributed by atoms with Crippen molar-refractivity contribution < 1.29 is 9.18 Å². The highest BCUT2D eigenvalue weighted by Gasteiger charge is 2.30. The Morgan fingerprint density at radius 2 is 2.39 bits per heavy atom. The van der Waals surface area contributed by atoms with Crippen molar-refractivity contribution in [2.75, 3.05) is 12.3 Å². The molecule has 0 aromatic heterocycles. The Bertz CT molecular complexity index is 424. The molecule has 0 radical (unpaired) electrons. The Labute approximate surface area is 112 Å². The fourth-order valence-electron chi connectivity index (χ4n) is 2.13. The van der Waals surface area contributed by atoms with Crippen molar-refractivity contribution >= 4 is 17.7 Å². The number of carbonyl (C=O) groups excluding carboxylic acids is 1. The van der Waals surface area contributed by atoms with Gasteiger partial charge in [-0.15, -0.1) is 11.8 Å². The lowest BCUT2D eigenvalue weighted by Crippen LogP contribution is -2.30. The van der Waals surface area contributed by atoms with Gasteiger partial charge >= 0.3 is 0 Å². The molecular weight excluding hydrogens is 249 g/mol. The molecule has 0 unspecified atom stereocenters. The molecule has 1 atom stereocenters. The van der Waals surface area contributed by atoms with E-state index in [0.29, 0.717) is 6.42 Å². The zero-order valence-corrected chi connectivity index (χ0v) is 11.4. The Morgan fingerprint density at radius 1 is 1.56 bits per heavy atom. The summed E-state index contributed by atoms with van der Waals surface area (Å²) < 4.78 is 13.2. The van der Waals surface area contributed by atoms with Crippen molar-refractivity contribution in [3.63, 3.8) is 0 Å². The molecule has 1 heterocycles. The highest BCUT2D eigenvalue weighted by atomic mass is 32.2. The van der Waals surface area contributed by atoms with Crippen LogP contribution < -0.4 is 0 Å². The number of hydrogen-bond acceptors (Lipinski definition) is 2. The van der Waals surface area contributed by atoms with E-state index in [9.17, 15) is 9.18 Å². The third-order valence-corrected chi connectivity index (χ3v) is 4.35. The topological polar surface area (TPSA) is 20.3 Å². The summed E-state index contributed by atoms with van der Waals surface area (Å²) in [7, 11) is 0. The summed E-state index contributed by atoms with van der Waals surface area (Å²) in [6, 6.07) is 6.57. The summed E-state index contributed by atoms with van der Waals surface area (Å²) in [6.07, 6.45) is 2.55. The van der Waals surface area contributed by atoms with E-state index in [-0.39, 0.29) is 17.1 Å². The highest BCUT2D eigenvalue weighted by Crippen LogP contribution is 2.38. The van der Waals surface area contributed by atoms with E-state index >= 15 is 0 Å². The molecule has 1 aromatic carbocycles. The first-order chi connectivity index (χ1) is 8.72. The molecule has 0 aliphatic carbocycles. The number of unbranched alkanes of at least 4 members (excludes halogenated alkanes) is 1. The van der Waals surface area contributed by atoms with Crippen LogP contribution in [0.4, 0.5) is 4.39 Å². The van der Waals surface area contributed by atoms with Gasteiger partial charge in [0.15, 0.2) is 0 Å². The average Bonchev–Trinajstić information content (AvgIpc) is 2.85. The van der Waals surface area contributed by atoms with Gasteiger partial charge in [0.1, 0.15) is 11.2 Å². The molecule has 1 aromatic rings. The number of benzene rings is 1.